The lowest BCUT2D eigenvalue weighted by Crippen LogP contribution is -2.09. The highest BCUT2D eigenvalue weighted by Crippen LogP contribution is 2.18. The van der Waals surface area contributed by atoms with E-state index in [1.165, 1.54) is 95.5 Å². The van der Waals surface area contributed by atoms with Crippen LogP contribution in [0.25, 0.3) is 0 Å². The number of unbranched alkanes of at least 4 members (excludes halogenated alkanes) is 13. The van der Waals surface area contributed by atoms with Gasteiger partial charge in [0.15, 0.2) is 0 Å². The van der Waals surface area contributed by atoms with Crippen LogP contribution in [0.5, 0.6) is 0 Å². The van der Waals surface area contributed by atoms with E-state index in [4.69, 9.17) is 5.73 Å². The zero-order chi connectivity index (χ0) is 17.3. The van der Waals surface area contributed by atoms with Crippen LogP contribution in [-0.4, -0.2) is 0 Å². The van der Waals surface area contributed by atoms with Crippen LogP contribution in [0.15, 0.2) is 30.3 Å². The fourth-order valence-corrected chi connectivity index (χ4v) is 3.43. The van der Waals surface area contributed by atoms with E-state index in [9.17, 15) is 0 Å². The van der Waals surface area contributed by atoms with Gasteiger partial charge in [0.2, 0.25) is 0 Å². The van der Waals surface area contributed by atoms with Crippen LogP contribution in [0.1, 0.15) is 115 Å². The molecule has 1 heteroatoms. The van der Waals surface area contributed by atoms with E-state index in [2.05, 4.69) is 37.3 Å². The van der Waals surface area contributed by atoms with E-state index in [-0.39, 0.29) is 6.04 Å². The quantitative estimate of drug-likeness (QED) is 0.311. The van der Waals surface area contributed by atoms with Crippen molar-refractivity contribution >= 4 is 0 Å². The zero-order valence-electron chi connectivity index (χ0n) is 16.1. The molecule has 1 nitrogen and oxygen atoms in total. The molecule has 2 N–H and O–H groups in total. The molecule has 1 atom stereocenters. The van der Waals surface area contributed by atoms with Crippen molar-refractivity contribution in [3.05, 3.63) is 35.9 Å². The standard InChI is InChI=1S/C23H41N/c1-2-3-4-5-6-7-8-9-10-11-12-13-14-18-21-23(24)22-19-16-15-17-20-22/h15-17,19-20,23H,2-14,18,21,24H2,1H3. The van der Waals surface area contributed by atoms with Crippen molar-refractivity contribution in [3.63, 3.8) is 0 Å². The minimum absolute atomic E-state index is 0.225. The molecule has 0 fully saturated rings. The third-order valence-electron chi connectivity index (χ3n) is 5.10. The maximum absolute atomic E-state index is 6.24. The van der Waals surface area contributed by atoms with Gasteiger partial charge in [0.25, 0.3) is 0 Å². The molecule has 1 unspecified atom stereocenters. The van der Waals surface area contributed by atoms with Crippen LogP contribution in [0.3, 0.4) is 0 Å². The van der Waals surface area contributed by atoms with Crippen molar-refractivity contribution in [2.45, 2.75) is 109 Å². The Balaban J connectivity index is 1.79. The second kappa shape index (κ2) is 15.7. The number of hydrogen-bond donors (Lipinski definition) is 1. The molecule has 0 amide bonds. The Labute approximate surface area is 151 Å². The third-order valence-corrected chi connectivity index (χ3v) is 5.10. The molecule has 0 saturated carbocycles. The summed E-state index contributed by atoms with van der Waals surface area (Å²) >= 11 is 0. The number of benzene rings is 1. The van der Waals surface area contributed by atoms with Gasteiger partial charge in [-0.25, -0.2) is 0 Å². The van der Waals surface area contributed by atoms with E-state index in [1.807, 2.05) is 0 Å². The predicted molar refractivity (Wildman–Crippen MR) is 108 cm³/mol. The summed E-state index contributed by atoms with van der Waals surface area (Å²) in [6.45, 7) is 2.29. The molecule has 1 rings (SSSR count). The molecule has 0 radical (unpaired) electrons. The van der Waals surface area contributed by atoms with Crippen molar-refractivity contribution in [2.24, 2.45) is 5.73 Å². The first-order valence-electron chi connectivity index (χ1n) is 10.6. The number of nitrogens with two attached hydrogens (primary N) is 1. The van der Waals surface area contributed by atoms with Crippen molar-refractivity contribution in [3.8, 4) is 0 Å². The average Bonchev–Trinajstić information content (AvgIpc) is 2.62. The molecule has 1 aromatic carbocycles. The maximum Gasteiger partial charge on any atom is 0.0294 e. The highest BCUT2D eigenvalue weighted by molar-refractivity contribution is 5.18. The van der Waals surface area contributed by atoms with Crippen LogP contribution in [0.2, 0.25) is 0 Å². The van der Waals surface area contributed by atoms with Crippen molar-refractivity contribution < 1.29 is 0 Å². The Bertz CT molecular complexity index is 360. The van der Waals surface area contributed by atoms with Gasteiger partial charge in [0.1, 0.15) is 0 Å². The number of rotatable bonds is 16. The molecule has 138 valence electrons. The molecule has 0 aliphatic heterocycles. The van der Waals surface area contributed by atoms with Crippen LogP contribution in [-0.2, 0) is 0 Å². The lowest BCUT2D eigenvalue weighted by Gasteiger charge is -2.11. The largest absolute Gasteiger partial charge is 0.324 e. The summed E-state index contributed by atoms with van der Waals surface area (Å²) in [5.74, 6) is 0. The summed E-state index contributed by atoms with van der Waals surface area (Å²) < 4.78 is 0. The van der Waals surface area contributed by atoms with E-state index in [0.717, 1.165) is 6.42 Å². The Morgan fingerprint density at radius 2 is 1.04 bits per heavy atom. The maximum atomic E-state index is 6.24. The molecular weight excluding hydrogens is 290 g/mol. The van der Waals surface area contributed by atoms with Gasteiger partial charge < -0.3 is 5.73 Å². The van der Waals surface area contributed by atoms with Gasteiger partial charge in [-0.1, -0.05) is 127 Å². The van der Waals surface area contributed by atoms with Crippen LogP contribution < -0.4 is 5.73 Å². The lowest BCUT2D eigenvalue weighted by atomic mass is 10.00. The smallest absolute Gasteiger partial charge is 0.0294 e. The second-order valence-corrected chi connectivity index (χ2v) is 7.40. The lowest BCUT2D eigenvalue weighted by molar-refractivity contribution is 0.521. The van der Waals surface area contributed by atoms with Crippen LogP contribution >= 0.6 is 0 Å². The Hall–Kier alpha value is -0.820. The first-order chi connectivity index (χ1) is 11.8. The summed E-state index contributed by atoms with van der Waals surface area (Å²) in [5, 5.41) is 0. The molecular formula is C23H41N. The summed E-state index contributed by atoms with van der Waals surface area (Å²) in [4.78, 5) is 0. The van der Waals surface area contributed by atoms with Gasteiger partial charge in [-0.05, 0) is 12.0 Å². The zero-order valence-corrected chi connectivity index (χ0v) is 16.1. The second-order valence-electron chi connectivity index (χ2n) is 7.40. The van der Waals surface area contributed by atoms with E-state index >= 15 is 0 Å². The highest BCUT2D eigenvalue weighted by Gasteiger charge is 2.04. The minimum Gasteiger partial charge on any atom is -0.324 e. The van der Waals surface area contributed by atoms with Gasteiger partial charge >= 0.3 is 0 Å². The van der Waals surface area contributed by atoms with Crippen molar-refractivity contribution in [1.29, 1.82) is 0 Å². The summed E-state index contributed by atoms with van der Waals surface area (Å²) in [6.07, 6.45) is 20.9. The molecule has 0 spiro atoms. The highest BCUT2D eigenvalue weighted by atomic mass is 14.6. The normalized spacial score (nSPS) is 12.4. The van der Waals surface area contributed by atoms with Gasteiger partial charge in [0.05, 0.1) is 0 Å². The van der Waals surface area contributed by atoms with Gasteiger partial charge in [-0.3, -0.25) is 0 Å². The summed E-state index contributed by atoms with van der Waals surface area (Å²) in [6, 6.07) is 10.7. The third kappa shape index (κ3) is 11.7. The predicted octanol–water partition coefficient (Wildman–Crippen LogP) is 7.56. The van der Waals surface area contributed by atoms with Crippen LogP contribution in [0.4, 0.5) is 0 Å². The van der Waals surface area contributed by atoms with E-state index in [1.54, 1.807) is 0 Å². The molecule has 0 bridgehead atoms. The first-order valence-corrected chi connectivity index (χ1v) is 10.6. The molecule has 1 aromatic rings. The molecule has 24 heavy (non-hydrogen) atoms. The summed E-state index contributed by atoms with van der Waals surface area (Å²) in [7, 11) is 0. The Morgan fingerprint density at radius 3 is 1.50 bits per heavy atom. The van der Waals surface area contributed by atoms with Gasteiger partial charge in [-0.15, -0.1) is 0 Å². The monoisotopic (exact) mass is 331 g/mol. The molecule has 0 aliphatic rings. The molecule has 0 saturated heterocycles. The van der Waals surface area contributed by atoms with Gasteiger partial charge in [-0.2, -0.15) is 0 Å². The van der Waals surface area contributed by atoms with Gasteiger partial charge in [0, 0.05) is 6.04 Å². The SMILES string of the molecule is CCCCCCCCCCCCCCCCC(N)c1ccccc1. The summed E-state index contributed by atoms with van der Waals surface area (Å²) in [5.41, 5.74) is 7.53. The van der Waals surface area contributed by atoms with Crippen molar-refractivity contribution in [1.82, 2.24) is 0 Å². The van der Waals surface area contributed by atoms with E-state index < -0.39 is 0 Å². The topological polar surface area (TPSA) is 26.0 Å². The fourth-order valence-electron chi connectivity index (χ4n) is 3.43. The molecule has 0 aromatic heterocycles. The average molecular weight is 332 g/mol. The minimum atomic E-state index is 0.225. The number of hydrogen-bond acceptors (Lipinski definition) is 1. The Morgan fingerprint density at radius 1 is 0.625 bits per heavy atom. The Kier molecular flexibility index (Phi) is 13.9. The van der Waals surface area contributed by atoms with E-state index in [0.29, 0.717) is 0 Å². The first kappa shape index (κ1) is 21.2. The molecule has 0 heterocycles. The fraction of sp³-hybridized carbons (Fsp3) is 0.739. The molecule has 0 aliphatic carbocycles. The van der Waals surface area contributed by atoms with Crippen molar-refractivity contribution in [2.75, 3.05) is 0 Å². The van der Waals surface area contributed by atoms with Crippen LogP contribution in [0, 0.1) is 0 Å².